The number of nitrogens with zero attached hydrogens (tertiary/aromatic N) is 1. The van der Waals surface area contributed by atoms with Crippen molar-refractivity contribution in [3.63, 3.8) is 0 Å². The van der Waals surface area contributed by atoms with Crippen LogP contribution in [0.25, 0.3) is 0 Å². The quantitative estimate of drug-likeness (QED) is 0.817. The van der Waals surface area contributed by atoms with E-state index in [-0.39, 0.29) is 12.0 Å². The van der Waals surface area contributed by atoms with Crippen LogP contribution in [-0.2, 0) is 11.3 Å². The van der Waals surface area contributed by atoms with Gasteiger partial charge in [0.2, 0.25) is 0 Å². The van der Waals surface area contributed by atoms with Crippen molar-refractivity contribution >= 4 is 21.8 Å². The highest BCUT2D eigenvalue weighted by Gasteiger charge is 2.21. The van der Waals surface area contributed by atoms with Gasteiger partial charge in [-0.05, 0) is 22.0 Å². The lowest BCUT2D eigenvalue weighted by Gasteiger charge is -2.12. The van der Waals surface area contributed by atoms with Crippen LogP contribution in [0.4, 0.5) is 0 Å². The van der Waals surface area contributed by atoms with Gasteiger partial charge in [-0.25, -0.2) is 0 Å². The number of rotatable bonds is 1. The Morgan fingerprint density at radius 2 is 2.50 bits per heavy atom. The molecule has 1 aliphatic heterocycles. The van der Waals surface area contributed by atoms with Crippen LogP contribution in [0.2, 0.25) is 0 Å². The largest absolute Gasteiger partial charge is 0.378 e. The molecule has 0 aromatic carbocycles. The van der Waals surface area contributed by atoms with Crippen LogP contribution in [0, 0.1) is 0 Å². The number of nitrogens with one attached hydrogen (secondary N) is 1. The molecule has 4 nitrogen and oxygen atoms in total. The molecule has 0 saturated heterocycles. The summed E-state index contributed by atoms with van der Waals surface area (Å²) >= 11 is 3.35. The summed E-state index contributed by atoms with van der Waals surface area (Å²) < 4.78 is 8.05. The predicted molar refractivity (Wildman–Crippen MR) is 55.3 cm³/mol. The molecule has 5 heteroatoms. The second-order valence-electron chi connectivity index (χ2n) is 3.26. The first-order valence-electron chi connectivity index (χ1n) is 4.37. The third-order valence-corrected chi connectivity index (χ3v) is 2.75. The number of fused-ring (bicyclic) bond motifs is 1. The average Bonchev–Trinajstić information content (AvgIpc) is 2.46. The number of aromatic nitrogens is 1. The lowest BCUT2D eigenvalue weighted by atomic mass is 10.3. The number of ether oxygens (including phenoxy) is 1. The SMILES string of the molecule is CO[C@@H]1CNC(=O)c2cc(Br)cn2C1. The smallest absolute Gasteiger partial charge is 0.268 e. The fraction of sp³-hybridized carbons (Fsp3) is 0.444. The van der Waals surface area contributed by atoms with Crippen molar-refractivity contribution in [2.45, 2.75) is 12.6 Å². The minimum absolute atomic E-state index is 0.0412. The van der Waals surface area contributed by atoms with Crippen molar-refractivity contribution in [3.05, 3.63) is 22.4 Å². The first-order chi connectivity index (χ1) is 6.70. The number of amides is 1. The second-order valence-corrected chi connectivity index (χ2v) is 4.18. The zero-order valence-electron chi connectivity index (χ0n) is 7.79. The van der Waals surface area contributed by atoms with E-state index in [1.165, 1.54) is 0 Å². The lowest BCUT2D eigenvalue weighted by molar-refractivity contribution is 0.0829. The Hall–Kier alpha value is -0.810. The van der Waals surface area contributed by atoms with E-state index in [2.05, 4.69) is 21.2 Å². The molecule has 1 aromatic rings. The van der Waals surface area contributed by atoms with E-state index in [1.807, 2.05) is 16.8 Å². The van der Waals surface area contributed by atoms with E-state index < -0.39 is 0 Å². The Morgan fingerprint density at radius 3 is 3.21 bits per heavy atom. The van der Waals surface area contributed by atoms with Crippen LogP contribution >= 0.6 is 15.9 Å². The van der Waals surface area contributed by atoms with E-state index in [0.29, 0.717) is 18.8 Å². The number of hydrogen-bond donors (Lipinski definition) is 1. The molecule has 0 unspecified atom stereocenters. The molecule has 0 spiro atoms. The van der Waals surface area contributed by atoms with Crippen molar-refractivity contribution in [1.82, 2.24) is 9.88 Å². The molecule has 1 aromatic heterocycles. The molecule has 0 bridgehead atoms. The topological polar surface area (TPSA) is 43.3 Å². The van der Waals surface area contributed by atoms with E-state index in [1.54, 1.807) is 7.11 Å². The van der Waals surface area contributed by atoms with Gasteiger partial charge in [-0.15, -0.1) is 0 Å². The van der Waals surface area contributed by atoms with Crippen molar-refractivity contribution < 1.29 is 9.53 Å². The minimum Gasteiger partial charge on any atom is -0.378 e. The van der Waals surface area contributed by atoms with E-state index >= 15 is 0 Å². The van der Waals surface area contributed by atoms with Crippen molar-refractivity contribution in [3.8, 4) is 0 Å². The fourth-order valence-electron chi connectivity index (χ4n) is 1.56. The van der Waals surface area contributed by atoms with Crippen LogP contribution in [-0.4, -0.2) is 30.2 Å². The van der Waals surface area contributed by atoms with E-state index in [0.717, 1.165) is 4.47 Å². The lowest BCUT2D eigenvalue weighted by Crippen LogP contribution is -2.30. The van der Waals surface area contributed by atoms with Gasteiger partial charge >= 0.3 is 0 Å². The predicted octanol–water partition coefficient (Wildman–Crippen LogP) is 1.01. The molecule has 14 heavy (non-hydrogen) atoms. The molecule has 1 aliphatic rings. The minimum atomic E-state index is -0.0461. The summed E-state index contributed by atoms with van der Waals surface area (Å²) in [7, 11) is 1.65. The third-order valence-electron chi connectivity index (χ3n) is 2.32. The molecule has 1 N–H and O–H groups in total. The van der Waals surface area contributed by atoms with E-state index in [9.17, 15) is 4.79 Å². The summed E-state index contributed by atoms with van der Waals surface area (Å²) in [5.74, 6) is -0.0461. The first kappa shape index (κ1) is 9.73. The van der Waals surface area contributed by atoms with Crippen LogP contribution in [0.1, 0.15) is 10.5 Å². The van der Waals surface area contributed by atoms with E-state index in [4.69, 9.17) is 4.74 Å². The number of carbonyl (C=O) groups is 1. The Balaban J connectivity index is 2.34. The highest BCUT2D eigenvalue weighted by Crippen LogP contribution is 2.17. The first-order valence-corrected chi connectivity index (χ1v) is 5.16. The number of hydrogen-bond acceptors (Lipinski definition) is 2. The summed E-state index contributed by atoms with van der Waals surface area (Å²) in [6.07, 6.45) is 1.94. The number of carbonyl (C=O) groups excluding carboxylic acids is 1. The summed E-state index contributed by atoms with van der Waals surface area (Å²) in [5, 5.41) is 2.81. The molecule has 0 radical (unpaired) electrons. The molecule has 1 atom stereocenters. The van der Waals surface area contributed by atoms with Gasteiger partial charge in [-0.3, -0.25) is 4.79 Å². The van der Waals surface area contributed by atoms with Crippen LogP contribution in [0.3, 0.4) is 0 Å². The molecule has 0 saturated carbocycles. The van der Waals surface area contributed by atoms with Gasteiger partial charge in [0.15, 0.2) is 0 Å². The molecule has 1 amide bonds. The van der Waals surface area contributed by atoms with Crippen LogP contribution in [0.5, 0.6) is 0 Å². The molecule has 76 valence electrons. The second kappa shape index (κ2) is 3.74. The standard InChI is InChI=1S/C9H11BrN2O2/c1-14-7-3-11-9(13)8-2-6(10)4-12(8)5-7/h2,4,7H,3,5H2,1H3,(H,11,13)/t7-/m1/s1. The van der Waals surface area contributed by atoms with Crippen LogP contribution < -0.4 is 5.32 Å². The van der Waals surface area contributed by atoms with Crippen molar-refractivity contribution in [2.75, 3.05) is 13.7 Å². The van der Waals surface area contributed by atoms with Gasteiger partial charge in [0.05, 0.1) is 12.6 Å². The number of halogens is 1. The van der Waals surface area contributed by atoms with Gasteiger partial charge in [0.1, 0.15) is 5.69 Å². The summed E-state index contributed by atoms with van der Waals surface area (Å²) in [5.41, 5.74) is 0.677. The summed E-state index contributed by atoms with van der Waals surface area (Å²) in [6, 6.07) is 1.81. The summed E-state index contributed by atoms with van der Waals surface area (Å²) in [4.78, 5) is 11.6. The van der Waals surface area contributed by atoms with Crippen molar-refractivity contribution in [2.24, 2.45) is 0 Å². The summed E-state index contributed by atoms with van der Waals surface area (Å²) in [6.45, 7) is 1.27. The highest BCUT2D eigenvalue weighted by atomic mass is 79.9. The third kappa shape index (κ3) is 1.69. The van der Waals surface area contributed by atoms with Gasteiger partial charge in [-0.1, -0.05) is 0 Å². The molecule has 0 fully saturated rings. The maximum Gasteiger partial charge on any atom is 0.268 e. The highest BCUT2D eigenvalue weighted by molar-refractivity contribution is 9.10. The van der Waals surface area contributed by atoms with Gasteiger partial charge in [0.25, 0.3) is 5.91 Å². The molecule has 0 aliphatic carbocycles. The number of methoxy groups -OCH3 is 1. The fourth-order valence-corrected chi connectivity index (χ4v) is 2.02. The Labute approximate surface area is 90.4 Å². The zero-order chi connectivity index (χ0) is 10.1. The van der Waals surface area contributed by atoms with Crippen LogP contribution in [0.15, 0.2) is 16.7 Å². The molecule has 2 rings (SSSR count). The normalized spacial score (nSPS) is 21.3. The molecular weight excluding hydrogens is 248 g/mol. The molecular formula is C9H11BrN2O2. The van der Waals surface area contributed by atoms with Gasteiger partial charge in [-0.2, -0.15) is 0 Å². The van der Waals surface area contributed by atoms with Gasteiger partial charge in [0, 0.05) is 24.3 Å². The van der Waals surface area contributed by atoms with Gasteiger partial charge < -0.3 is 14.6 Å². The Kier molecular flexibility index (Phi) is 2.60. The van der Waals surface area contributed by atoms with Crippen molar-refractivity contribution in [1.29, 1.82) is 0 Å². The maximum atomic E-state index is 11.6. The monoisotopic (exact) mass is 258 g/mol. The molecule has 2 heterocycles. The zero-order valence-corrected chi connectivity index (χ0v) is 9.37. The average molecular weight is 259 g/mol. The Morgan fingerprint density at radius 1 is 1.71 bits per heavy atom. The maximum absolute atomic E-state index is 11.6. The Bertz CT molecular complexity index is 362.